The SMILES string of the molecule is NC(=O)CCn1c(SC(c2ccccc2)c2ccc(Cl)cc2)nnc1-c1ccco1. The molecule has 1 atom stereocenters. The van der Waals surface area contributed by atoms with E-state index in [0.29, 0.717) is 28.3 Å². The molecule has 2 aromatic heterocycles. The van der Waals surface area contributed by atoms with Crippen LogP contribution in [-0.2, 0) is 11.3 Å². The predicted molar refractivity (Wildman–Crippen MR) is 117 cm³/mol. The van der Waals surface area contributed by atoms with Crippen LogP contribution >= 0.6 is 23.4 Å². The zero-order valence-corrected chi connectivity index (χ0v) is 17.5. The van der Waals surface area contributed by atoms with Gasteiger partial charge in [-0.3, -0.25) is 9.36 Å². The number of carbonyl (C=O) groups is 1. The van der Waals surface area contributed by atoms with Crippen LogP contribution in [0.3, 0.4) is 0 Å². The van der Waals surface area contributed by atoms with Crippen molar-refractivity contribution in [2.45, 2.75) is 23.4 Å². The number of aromatic nitrogens is 3. The van der Waals surface area contributed by atoms with Gasteiger partial charge in [-0.1, -0.05) is 65.8 Å². The Morgan fingerprint density at radius 3 is 2.43 bits per heavy atom. The number of amides is 1. The Kier molecular flexibility index (Phi) is 6.21. The fraction of sp³-hybridized carbons (Fsp3) is 0.136. The van der Waals surface area contributed by atoms with Gasteiger partial charge in [-0.05, 0) is 35.4 Å². The molecular formula is C22H19ClN4O2S. The number of rotatable bonds is 8. The summed E-state index contributed by atoms with van der Waals surface area (Å²) >= 11 is 7.64. The second-order valence-electron chi connectivity index (χ2n) is 6.61. The highest BCUT2D eigenvalue weighted by Gasteiger charge is 2.23. The van der Waals surface area contributed by atoms with Gasteiger partial charge in [0.2, 0.25) is 5.91 Å². The minimum absolute atomic E-state index is 0.0376. The summed E-state index contributed by atoms with van der Waals surface area (Å²) in [6.45, 7) is 0.364. The molecule has 1 unspecified atom stereocenters. The van der Waals surface area contributed by atoms with E-state index in [2.05, 4.69) is 22.3 Å². The fourth-order valence-electron chi connectivity index (χ4n) is 3.09. The number of hydrogen-bond donors (Lipinski definition) is 1. The zero-order valence-electron chi connectivity index (χ0n) is 15.9. The Morgan fingerprint density at radius 1 is 1.03 bits per heavy atom. The minimum Gasteiger partial charge on any atom is -0.461 e. The zero-order chi connectivity index (χ0) is 20.9. The predicted octanol–water partition coefficient (Wildman–Crippen LogP) is 4.95. The van der Waals surface area contributed by atoms with Gasteiger partial charge in [-0.25, -0.2) is 0 Å². The van der Waals surface area contributed by atoms with Crippen molar-refractivity contribution < 1.29 is 9.21 Å². The van der Waals surface area contributed by atoms with Gasteiger partial charge in [-0.15, -0.1) is 10.2 Å². The molecule has 30 heavy (non-hydrogen) atoms. The van der Waals surface area contributed by atoms with Crippen LogP contribution in [0.1, 0.15) is 22.8 Å². The molecule has 0 aliphatic carbocycles. The van der Waals surface area contributed by atoms with E-state index in [1.807, 2.05) is 53.1 Å². The van der Waals surface area contributed by atoms with E-state index in [4.69, 9.17) is 21.8 Å². The topological polar surface area (TPSA) is 86.9 Å². The summed E-state index contributed by atoms with van der Waals surface area (Å²) in [4.78, 5) is 11.4. The van der Waals surface area contributed by atoms with Gasteiger partial charge in [0, 0.05) is 18.0 Å². The number of nitrogens with zero attached hydrogens (tertiary/aromatic N) is 3. The molecule has 2 aromatic carbocycles. The number of hydrogen-bond acceptors (Lipinski definition) is 5. The second kappa shape index (κ2) is 9.19. The Hall–Kier alpha value is -3.03. The lowest BCUT2D eigenvalue weighted by molar-refractivity contribution is -0.118. The number of furan rings is 1. The standard InChI is InChI=1S/C22H19ClN4O2S/c23-17-10-8-16(9-11-17)20(15-5-2-1-3-6-15)30-22-26-25-21(18-7-4-14-29-18)27(22)13-12-19(24)28/h1-11,14,20H,12-13H2,(H2,24,28). The van der Waals surface area contributed by atoms with Crippen molar-refractivity contribution in [2.24, 2.45) is 5.73 Å². The van der Waals surface area contributed by atoms with Gasteiger partial charge < -0.3 is 10.2 Å². The maximum Gasteiger partial charge on any atom is 0.219 e. The van der Waals surface area contributed by atoms with Crippen molar-refractivity contribution in [1.29, 1.82) is 0 Å². The first-order chi connectivity index (χ1) is 14.6. The third-order valence-corrected chi connectivity index (χ3v) is 6.08. The highest BCUT2D eigenvalue weighted by molar-refractivity contribution is 7.99. The van der Waals surface area contributed by atoms with Gasteiger partial charge in [-0.2, -0.15) is 0 Å². The van der Waals surface area contributed by atoms with Crippen LogP contribution in [0.25, 0.3) is 11.6 Å². The maximum atomic E-state index is 11.4. The van der Waals surface area contributed by atoms with Crippen molar-refractivity contribution in [3.63, 3.8) is 0 Å². The quantitative estimate of drug-likeness (QED) is 0.393. The first-order valence-electron chi connectivity index (χ1n) is 9.34. The summed E-state index contributed by atoms with van der Waals surface area (Å²) in [5.41, 5.74) is 7.59. The number of thioether (sulfide) groups is 1. The largest absolute Gasteiger partial charge is 0.461 e. The summed E-state index contributed by atoms with van der Waals surface area (Å²) in [6, 6.07) is 21.5. The van der Waals surface area contributed by atoms with Crippen LogP contribution in [0.2, 0.25) is 5.02 Å². The number of nitrogens with two attached hydrogens (primary N) is 1. The van der Waals surface area contributed by atoms with E-state index < -0.39 is 0 Å². The number of primary amides is 1. The molecule has 2 N–H and O–H groups in total. The van der Waals surface area contributed by atoms with Crippen LogP contribution in [0, 0.1) is 0 Å². The molecule has 0 radical (unpaired) electrons. The molecule has 0 aliphatic heterocycles. The number of benzene rings is 2. The first-order valence-corrected chi connectivity index (χ1v) is 10.6. The Balaban J connectivity index is 1.73. The molecule has 1 amide bonds. The van der Waals surface area contributed by atoms with E-state index in [1.54, 1.807) is 24.1 Å². The van der Waals surface area contributed by atoms with Crippen LogP contribution in [0.4, 0.5) is 0 Å². The summed E-state index contributed by atoms with van der Waals surface area (Å²) in [5.74, 6) is 0.760. The highest BCUT2D eigenvalue weighted by atomic mass is 35.5. The highest BCUT2D eigenvalue weighted by Crippen LogP contribution is 2.41. The normalized spacial score (nSPS) is 12.0. The lowest BCUT2D eigenvalue weighted by Crippen LogP contribution is -2.15. The number of carbonyl (C=O) groups excluding carboxylic acids is 1. The van der Waals surface area contributed by atoms with Crippen LogP contribution in [0.15, 0.2) is 82.6 Å². The molecule has 8 heteroatoms. The lowest BCUT2D eigenvalue weighted by Gasteiger charge is -2.18. The molecule has 0 saturated heterocycles. The van der Waals surface area contributed by atoms with Crippen molar-refractivity contribution in [1.82, 2.24) is 14.8 Å². The average Bonchev–Trinajstić information content (AvgIpc) is 3.41. The minimum atomic E-state index is -0.387. The molecule has 0 saturated carbocycles. The number of halogens is 1. The molecule has 0 bridgehead atoms. The smallest absolute Gasteiger partial charge is 0.219 e. The Morgan fingerprint density at radius 2 is 1.77 bits per heavy atom. The summed E-state index contributed by atoms with van der Waals surface area (Å²) < 4.78 is 7.38. The molecular weight excluding hydrogens is 420 g/mol. The average molecular weight is 439 g/mol. The Bertz CT molecular complexity index is 1110. The molecule has 6 nitrogen and oxygen atoms in total. The van der Waals surface area contributed by atoms with Crippen molar-refractivity contribution in [2.75, 3.05) is 0 Å². The van der Waals surface area contributed by atoms with E-state index in [0.717, 1.165) is 11.1 Å². The molecule has 0 aliphatic rings. The maximum absolute atomic E-state index is 11.4. The van der Waals surface area contributed by atoms with Crippen LogP contribution in [-0.4, -0.2) is 20.7 Å². The summed E-state index contributed by atoms with van der Waals surface area (Å²) in [6.07, 6.45) is 1.76. The third kappa shape index (κ3) is 4.58. The third-order valence-electron chi connectivity index (χ3n) is 4.54. The van der Waals surface area contributed by atoms with Gasteiger partial charge in [0.25, 0.3) is 0 Å². The van der Waals surface area contributed by atoms with Crippen molar-refractivity contribution in [3.05, 3.63) is 89.1 Å². The van der Waals surface area contributed by atoms with Gasteiger partial charge in [0.05, 0.1) is 11.5 Å². The van der Waals surface area contributed by atoms with Crippen molar-refractivity contribution >= 4 is 29.3 Å². The lowest BCUT2D eigenvalue weighted by atomic mass is 10.0. The Labute approximate surface area is 183 Å². The van der Waals surface area contributed by atoms with Gasteiger partial charge in [0.1, 0.15) is 0 Å². The van der Waals surface area contributed by atoms with E-state index in [1.165, 1.54) is 0 Å². The van der Waals surface area contributed by atoms with E-state index >= 15 is 0 Å². The second-order valence-corrected chi connectivity index (χ2v) is 8.12. The fourth-order valence-corrected chi connectivity index (χ4v) is 4.40. The van der Waals surface area contributed by atoms with Crippen molar-refractivity contribution in [3.8, 4) is 11.6 Å². The first kappa shape index (κ1) is 20.3. The van der Waals surface area contributed by atoms with Gasteiger partial charge >= 0.3 is 0 Å². The molecule has 152 valence electrons. The van der Waals surface area contributed by atoms with Gasteiger partial charge in [0.15, 0.2) is 16.7 Å². The van der Waals surface area contributed by atoms with Crippen LogP contribution < -0.4 is 5.73 Å². The molecule has 4 rings (SSSR count). The molecule has 0 fully saturated rings. The monoisotopic (exact) mass is 438 g/mol. The van der Waals surface area contributed by atoms with Crippen LogP contribution in [0.5, 0.6) is 0 Å². The molecule has 2 heterocycles. The van der Waals surface area contributed by atoms with E-state index in [9.17, 15) is 4.79 Å². The molecule has 0 spiro atoms. The van der Waals surface area contributed by atoms with E-state index in [-0.39, 0.29) is 17.6 Å². The summed E-state index contributed by atoms with van der Waals surface area (Å²) in [5, 5.41) is 10.0. The molecule has 4 aromatic rings. The summed E-state index contributed by atoms with van der Waals surface area (Å²) in [7, 11) is 0.